The van der Waals surface area contributed by atoms with Crippen LogP contribution in [0.4, 0.5) is 0 Å². The van der Waals surface area contributed by atoms with Gasteiger partial charge in [0.25, 0.3) is 0 Å². The molecule has 17 heavy (non-hydrogen) atoms. The van der Waals surface area contributed by atoms with Crippen LogP contribution in [0.5, 0.6) is 5.75 Å². The summed E-state index contributed by atoms with van der Waals surface area (Å²) >= 11 is 0. The number of hydrogen-bond donors (Lipinski definition) is 1. The minimum absolute atomic E-state index is 0.00204. The zero-order chi connectivity index (χ0) is 12.3. The van der Waals surface area contributed by atoms with Gasteiger partial charge in [0, 0.05) is 0 Å². The largest absolute Gasteiger partial charge is 0.492 e. The number of carbonyl (C=O) groups is 1. The summed E-state index contributed by atoms with van der Waals surface area (Å²) in [7, 11) is 0. The van der Waals surface area contributed by atoms with E-state index in [1.54, 1.807) is 6.92 Å². The number of benzene rings is 1. The monoisotopic (exact) mass is 236 g/mol. The van der Waals surface area contributed by atoms with E-state index in [-0.39, 0.29) is 18.5 Å². The van der Waals surface area contributed by atoms with Crippen LogP contribution in [0.15, 0.2) is 18.2 Å². The number of rotatable bonds is 3. The first-order valence-corrected chi connectivity index (χ1v) is 5.76. The average Bonchev–Trinajstić information content (AvgIpc) is 2.37. The van der Waals surface area contributed by atoms with Crippen LogP contribution >= 0.6 is 0 Å². The van der Waals surface area contributed by atoms with Crippen molar-refractivity contribution in [2.45, 2.75) is 20.0 Å². The molecule has 1 aliphatic rings. The molecule has 0 saturated heterocycles. The van der Waals surface area contributed by atoms with Crippen LogP contribution in [0.3, 0.4) is 0 Å². The van der Waals surface area contributed by atoms with Crippen molar-refractivity contribution in [1.29, 1.82) is 0 Å². The predicted octanol–water partition coefficient (Wildman–Crippen LogP) is 1.29. The van der Waals surface area contributed by atoms with Gasteiger partial charge in [-0.05, 0) is 30.5 Å². The Hall–Kier alpha value is -1.55. The first-order chi connectivity index (χ1) is 8.24. The highest BCUT2D eigenvalue weighted by molar-refractivity contribution is 5.73. The lowest BCUT2D eigenvalue weighted by atomic mass is 9.96. The van der Waals surface area contributed by atoms with Crippen molar-refractivity contribution < 1.29 is 19.4 Å². The summed E-state index contributed by atoms with van der Waals surface area (Å²) in [5, 5.41) is 9.02. The van der Waals surface area contributed by atoms with Crippen molar-refractivity contribution in [1.82, 2.24) is 0 Å². The fraction of sp³-hybridized carbons (Fsp3) is 0.462. The standard InChI is InChI=1S/C13H16O4/c1-2-16-13(15)11-6-10-4-3-9(7-14)5-12(10)17-8-11/h3-5,11,14H,2,6-8H2,1H3. The first-order valence-electron chi connectivity index (χ1n) is 5.76. The third-order valence-electron chi connectivity index (χ3n) is 2.84. The van der Waals surface area contributed by atoms with Crippen LogP contribution < -0.4 is 4.74 Å². The quantitative estimate of drug-likeness (QED) is 0.803. The first kappa shape index (κ1) is 11.9. The van der Waals surface area contributed by atoms with E-state index in [2.05, 4.69) is 0 Å². The van der Waals surface area contributed by atoms with Gasteiger partial charge in [-0.3, -0.25) is 4.79 Å². The van der Waals surface area contributed by atoms with Crippen molar-refractivity contribution in [2.75, 3.05) is 13.2 Å². The van der Waals surface area contributed by atoms with E-state index in [0.29, 0.717) is 19.6 Å². The Morgan fingerprint density at radius 1 is 1.59 bits per heavy atom. The molecule has 0 radical (unpaired) electrons. The Labute approximate surface area is 100 Å². The predicted molar refractivity (Wildman–Crippen MR) is 61.7 cm³/mol. The zero-order valence-electron chi connectivity index (χ0n) is 9.81. The number of esters is 1. The van der Waals surface area contributed by atoms with Gasteiger partial charge in [0.2, 0.25) is 0 Å². The molecule has 0 saturated carbocycles. The highest BCUT2D eigenvalue weighted by Crippen LogP contribution is 2.28. The Bertz CT molecular complexity index is 414. The SMILES string of the molecule is CCOC(=O)C1COc2cc(CO)ccc2C1. The average molecular weight is 236 g/mol. The summed E-state index contributed by atoms with van der Waals surface area (Å²) in [6, 6.07) is 5.55. The van der Waals surface area contributed by atoms with E-state index in [9.17, 15) is 4.79 Å². The molecule has 1 unspecified atom stereocenters. The topological polar surface area (TPSA) is 55.8 Å². The summed E-state index contributed by atoms with van der Waals surface area (Å²) in [5.74, 6) is 0.337. The van der Waals surface area contributed by atoms with E-state index in [4.69, 9.17) is 14.6 Å². The maximum absolute atomic E-state index is 11.6. The number of ether oxygens (including phenoxy) is 2. The third-order valence-corrected chi connectivity index (χ3v) is 2.84. The van der Waals surface area contributed by atoms with Crippen molar-refractivity contribution in [2.24, 2.45) is 5.92 Å². The Morgan fingerprint density at radius 2 is 2.41 bits per heavy atom. The van der Waals surface area contributed by atoms with Gasteiger partial charge in [-0.15, -0.1) is 0 Å². The Balaban J connectivity index is 2.11. The number of aliphatic hydroxyl groups excluding tert-OH is 1. The van der Waals surface area contributed by atoms with E-state index >= 15 is 0 Å². The van der Waals surface area contributed by atoms with Crippen molar-refractivity contribution in [3.63, 3.8) is 0 Å². The van der Waals surface area contributed by atoms with Gasteiger partial charge in [-0.1, -0.05) is 12.1 Å². The maximum Gasteiger partial charge on any atom is 0.312 e. The van der Waals surface area contributed by atoms with Gasteiger partial charge >= 0.3 is 5.97 Å². The molecule has 0 aromatic heterocycles. The molecule has 4 nitrogen and oxygen atoms in total. The fourth-order valence-corrected chi connectivity index (χ4v) is 1.93. The molecule has 0 fully saturated rings. The maximum atomic E-state index is 11.6. The highest BCUT2D eigenvalue weighted by atomic mass is 16.5. The third kappa shape index (κ3) is 2.58. The van der Waals surface area contributed by atoms with Crippen LogP contribution in [0.1, 0.15) is 18.1 Å². The lowest BCUT2D eigenvalue weighted by molar-refractivity contribution is -0.149. The smallest absolute Gasteiger partial charge is 0.312 e. The molecule has 1 N–H and O–H groups in total. The molecular weight excluding hydrogens is 220 g/mol. The lowest BCUT2D eigenvalue weighted by Gasteiger charge is -2.24. The lowest BCUT2D eigenvalue weighted by Crippen LogP contribution is -2.29. The summed E-state index contributed by atoms with van der Waals surface area (Å²) < 4.78 is 10.5. The Morgan fingerprint density at radius 3 is 3.12 bits per heavy atom. The van der Waals surface area contributed by atoms with Crippen LogP contribution in [0.25, 0.3) is 0 Å². The molecule has 1 heterocycles. The second kappa shape index (κ2) is 5.19. The van der Waals surface area contributed by atoms with Gasteiger partial charge < -0.3 is 14.6 Å². The van der Waals surface area contributed by atoms with E-state index < -0.39 is 0 Å². The fourth-order valence-electron chi connectivity index (χ4n) is 1.93. The zero-order valence-corrected chi connectivity index (χ0v) is 9.81. The molecule has 0 spiro atoms. The Kier molecular flexibility index (Phi) is 3.64. The van der Waals surface area contributed by atoms with Gasteiger partial charge in [0.15, 0.2) is 0 Å². The summed E-state index contributed by atoms with van der Waals surface area (Å²) in [6.45, 7) is 2.54. The number of aliphatic hydroxyl groups is 1. The molecule has 1 atom stereocenters. The molecule has 0 aliphatic carbocycles. The number of fused-ring (bicyclic) bond motifs is 1. The van der Waals surface area contributed by atoms with Crippen molar-refractivity contribution >= 4 is 5.97 Å². The molecule has 92 valence electrons. The van der Waals surface area contributed by atoms with Gasteiger partial charge in [0.1, 0.15) is 12.4 Å². The summed E-state index contributed by atoms with van der Waals surface area (Å²) in [6.07, 6.45) is 0.639. The van der Waals surface area contributed by atoms with E-state index in [0.717, 1.165) is 16.9 Å². The minimum atomic E-state index is -0.220. The van der Waals surface area contributed by atoms with Crippen LogP contribution in [-0.4, -0.2) is 24.3 Å². The van der Waals surface area contributed by atoms with Crippen LogP contribution in [0, 0.1) is 5.92 Å². The van der Waals surface area contributed by atoms with E-state index in [1.165, 1.54) is 0 Å². The molecular formula is C13H16O4. The second-order valence-electron chi connectivity index (χ2n) is 4.06. The normalized spacial score (nSPS) is 18.1. The van der Waals surface area contributed by atoms with Crippen LogP contribution in [-0.2, 0) is 22.6 Å². The van der Waals surface area contributed by atoms with Gasteiger partial charge in [0.05, 0.1) is 19.1 Å². The summed E-state index contributed by atoms with van der Waals surface area (Å²) in [4.78, 5) is 11.6. The molecule has 2 rings (SSSR count). The van der Waals surface area contributed by atoms with E-state index in [1.807, 2.05) is 18.2 Å². The molecule has 1 aliphatic heterocycles. The minimum Gasteiger partial charge on any atom is -0.492 e. The van der Waals surface area contributed by atoms with Gasteiger partial charge in [-0.2, -0.15) is 0 Å². The highest BCUT2D eigenvalue weighted by Gasteiger charge is 2.27. The van der Waals surface area contributed by atoms with Crippen LogP contribution in [0.2, 0.25) is 0 Å². The molecule has 0 amide bonds. The van der Waals surface area contributed by atoms with Gasteiger partial charge in [-0.25, -0.2) is 0 Å². The van der Waals surface area contributed by atoms with Crippen molar-refractivity contribution in [3.05, 3.63) is 29.3 Å². The second-order valence-corrected chi connectivity index (χ2v) is 4.06. The summed E-state index contributed by atoms with van der Waals surface area (Å²) in [5.41, 5.74) is 1.81. The number of carbonyl (C=O) groups excluding carboxylic acids is 1. The molecule has 0 bridgehead atoms. The molecule has 4 heteroatoms. The van der Waals surface area contributed by atoms with Crippen molar-refractivity contribution in [3.8, 4) is 5.75 Å². The molecule has 1 aromatic rings. The number of hydrogen-bond acceptors (Lipinski definition) is 4. The molecule has 1 aromatic carbocycles.